The maximum absolute atomic E-state index is 6.31. The fourth-order valence-electron chi connectivity index (χ4n) is 2.38. The Bertz CT molecular complexity index is 563. The quantitative estimate of drug-likeness (QED) is 0.726. The van der Waals surface area contributed by atoms with Gasteiger partial charge in [0.05, 0.1) is 16.4 Å². The fraction of sp³-hybridized carbons (Fsp3) is 0.533. The highest BCUT2D eigenvalue weighted by molar-refractivity contribution is 7.98. The fourth-order valence-corrected chi connectivity index (χ4v) is 3.11. The first-order chi connectivity index (χ1) is 9.04. The van der Waals surface area contributed by atoms with Crippen LogP contribution in [0.1, 0.15) is 43.1 Å². The van der Waals surface area contributed by atoms with Crippen molar-refractivity contribution in [2.75, 3.05) is 12.0 Å². The van der Waals surface area contributed by atoms with E-state index < -0.39 is 0 Å². The van der Waals surface area contributed by atoms with E-state index in [1.165, 1.54) is 11.1 Å². The average Bonchev–Trinajstić information content (AvgIpc) is 2.74. The van der Waals surface area contributed by atoms with Crippen LogP contribution in [0.2, 0.25) is 0 Å². The summed E-state index contributed by atoms with van der Waals surface area (Å²) in [4.78, 5) is 4.71. The molecule has 104 valence electrons. The molecule has 0 saturated heterocycles. The van der Waals surface area contributed by atoms with Crippen molar-refractivity contribution in [3.8, 4) is 0 Å². The van der Waals surface area contributed by atoms with E-state index in [9.17, 15) is 0 Å². The standard InChI is InChI=1S/C15H21ClN2S/c1-10-5-6-13-14(9-10)18(11(2)7-8-19-4)15(17-13)12(3)16/h5-6,9,11-12H,7-8H2,1-4H3. The highest BCUT2D eigenvalue weighted by Gasteiger charge is 2.18. The maximum atomic E-state index is 6.31. The van der Waals surface area contributed by atoms with Gasteiger partial charge in [-0.05, 0) is 56.9 Å². The summed E-state index contributed by atoms with van der Waals surface area (Å²) in [7, 11) is 0. The van der Waals surface area contributed by atoms with E-state index in [-0.39, 0.29) is 5.38 Å². The van der Waals surface area contributed by atoms with Crippen LogP contribution < -0.4 is 0 Å². The highest BCUT2D eigenvalue weighted by atomic mass is 35.5. The molecule has 2 unspecified atom stereocenters. The second-order valence-electron chi connectivity index (χ2n) is 5.08. The smallest absolute Gasteiger partial charge is 0.127 e. The zero-order chi connectivity index (χ0) is 14.0. The average molecular weight is 297 g/mol. The summed E-state index contributed by atoms with van der Waals surface area (Å²) in [6.07, 6.45) is 3.28. The van der Waals surface area contributed by atoms with Gasteiger partial charge in [0.25, 0.3) is 0 Å². The summed E-state index contributed by atoms with van der Waals surface area (Å²) in [5.74, 6) is 2.14. The SMILES string of the molecule is CSCCC(C)n1c(C(C)Cl)nc2ccc(C)cc21. The van der Waals surface area contributed by atoms with Crippen molar-refractivity contribution >= 4 is 34.4 Å². The molecule has 4 heteroatoms. The lowest BCUT2D eigenvalue weighted by Crippen LogP contribution is -2.10. The van der Waals surface area contributed by atoms with Crippen LogP contribution in [0.5, 0.6) is 0 Å². The number of benzene rings is 1. The van der Waals surface area contributed by atoms with Gasteiger partial charge in [0.15, 0.2) is 0 Å². The minimum Gasteiger partial charge on any atom is -0.324 e. The molecule has 2 aromatic rings. The number of halogens is 1. The Balaban J connectivity index is 2.53. The number of aryl methyl sites for hydroxylation is 1. The Morgan fingerprint density at radius 1 is 1.37 bits per heavy atom. The highest BCUT2D eigenvalue weighted by Crippen LogP contribution is 2.30. The van der Waals surface area contributed by atoms with Crippen molar-refractivity contribution < 1.29 is 0 Å². The van der Waals surface area contributed by atoms with E-state index in [0.29, 0.717) is 6.04 Å². The molecule has 0 spiro atoms. The Morgan fingerprint density at radius 3 is 2.74 bits per heavy atom. The Hall–Kier alpha value is -0.670. The van der Waals surface area contributed by atoms with Crippen LogP contribution in [0.15, 0.2) is 18.2 Å². The number of thioether (sulfide) groups is 1. The summed E-state index contributed by atoms with van der Waals surface area (Å²) in [5.41, 5.74) is 3.51. The van der Waals surface area contributed by atoms with Gasteiger partial charge in [-0.1, -0.05) is 6.07 Å². The third-order valence-corrected chi connectivity index (χ3v) is 4.25. The lowest BCUT2D eigenvalue weighted by Gasteiger charge is -2.18. The second kappa shape index (κ2) is 6.19. The molecule has 0 aliphatic heterocycles. The van der Waals surface area contributed by atoms with Crippen LogP contribution in [0, 0.1) is 6.92 Å². The van der Waals surface area contributed by atoms with Crippen LogP contribution in [0.4, 0.5) is 0 Å². The number of alkyl halides is 1. The van der Waals surface area contributed by atoms with E-state index in [1.54, 1.807) is 0 Å². The molecule has 0 N–H and O–H groups in total. The molecule has 1 heterocycles. The molecule has 19 heavy (non-hydrogen) atoms. The zero-order valence-electron chi connectivity index (χ0n) is 12.0. The van der Waals surface area contributed by atoms with Crippen LogP contribution in [-0.4, -0.2) is 21.6 Å². The van der Waals surface area contributed by atoms with Gasteiger partial charge in [-0.25, -0.2) is 4.98 Å². The molecular weight excluding hydrogens is 276 g/mol. The number of fused-ring (bicyclic) bond motifs is 1. The van der Waals surface area contributed by atoms with Crippen molar-refractivity contribution in [2.24, 2.45) is 0 Å². The first-order valence-corrected chi connectivity index (χ1v) is 8.49. The third-order valence-electron chi connectivity index (χ3n) is 3.41. The number of hydrogen-bond donors (Lipinski definition) is 0. The van der Waals surface area contributed by atoms with E-state index in [0.717, 1.165) is 23.5 Å². The number of aromatic nitrogens is 2. The molecule has 2 atom stereocenters. The van der Waals surface area contributed by atoms with Crippen molar-refractivity contribution in [2.45, 2.75) is 38.6 Å². The van der Waals surface area contributed by atoms with E-state index >= 15 is 0 Å². The lowest BCUT2D eigenvalue weighted by molar-refractivity contribution is 0.526. The van der Waals surface area contributed by atoms with E-state index in [1.807, 2.05) is 18.7 Å². The van der Waals surface area contributed by atoms with Crippen LogP contribution in [0.3, 0.4) is 0 Å². The second-order valence-corrected chi connectivity index (χ2v) is 6.72. The molecule has 1 aromatic carbocycles. The molecule has 1 aromatic heterocycles. The van der Waals surface area contributed by atoms with Gasteiger partial charge >= 0.3 is 0 Å². The summed E-state index contributed by atoms with van der Waals surface area (Å²) in [6.45, 7) is 6.36. The van der Waals surface area contributed by atoms with Gasteiger partial charge in [0.2, 0.25) is 0 Å². The first kappa shape index (κ1) is 14.7. The lowest BCUT2D eigenvalue weighted by atomic mass is 10.2. The molecule has 2 rings (SSSR count). The van der Waals surface area contributed by atoms with Gasteiger partial charge in [-0.3, -0.25) is 0 Å². The van der Waals surface area contributed by atoms with Crippen molar-refractivity contribution in [1.82, 2.24) is 9.55 Å². The Morgan fingerprint density at radius 2 is 2.11 bits per heavy atom. The summed E-state index contributed by atoms with van der Waals surface area (Å²) >= 11 is 8.19. The molecule has 0 aliphatic carbocycles. The minimum absolute atomic E-state index is 0.0653. The van der Waals surface area contributed by atoms with Gasteiger partial charge in [-0.2, -0.15) is 11.8 Å². The third kappa shape index (κ3) is 3.09. The summed E-state index contributed by atoms with van der Waals surface area (Å²) in [5, 5.41) is -0.0653. The minimum atomic E-state index is -0.0653. The van der Waals surface area contributed by atoms with Crippen LogP contribution in [0.25, 0.3) is 11.0 Å². The van der Waals surface area contributed by atoms with E-state index in [2.05, 4.69) is 42.9 Å². The number of imidazole rings is 1. The molecule has 0 bridgehead atoms. The molecule has 0 saturated carbocycles. The number of hydrogen-bond acceptors (Lipinski definition) is 2. The molecule has 0 amide bonds. The van der Waals surface area contributed by atoms with Crippen LogP contribution in [-0.2, 0) is 0 Å². The monoisotopic (exact) mass is 296 g/mol. The maximum Gasteiger partial charge on any atom is 0.127 e. The van der Waals surface area contributed by atoms with Gasteiger partial charge < -0.3 is 4.57 Å². The normalized spacial score (nSPS) is 14.8. The predicted molar refractivity (Wildman–Crippen MR) is 86.4 cm³/mol. The number of rotatable bonds is 5. The number of nitrogens with zero attached hydrogens (tertiary/aromatic N) is 2. The first-order valence-electron chi connectivity index (χ1n) is 6.66. The largest absolute Gasteiger partial charge is 0.324 e. The van der Waals surface area contributed by atoms with Crippen LogP contribution >= 0.6 is 23.4 Å². The zero-order valence-corrected chi connectivity index (χ0v) is 13.6. The van der Waals surface area contributed by atoms with Crippen molar-refractivity contribution in [3.05, 3.63) is 29.6 Å². The predicted octanol–water partition coefficient (Wildman–Crippen LogP) is 4.96. The molecule has 0 radical (unpaired) electrons. The Labute approximate surface area is 124 Å². The Kier molecular flexibility index (Phi) is 4.80. The van der Waals surface area contributed by atoms with Gasteiger partial charge in [-0.15, -0.1) is 11.6 Å². The summed E-state index contributed by atoms with van der Waals surface area (Å²) in [6, 6.07) is 6.83. The van der Waals surface area contributed by atoms with Gasteiger partial charge in [0, 0.05) is 6.04 Å². The molecule has 0 aliphatic rings. The van der Waals surface area contributed by atoms with E-state index in [4.69, 9.17) is 16.6 Å². The van der Waals surface area contributed by atoms with Crippen molar-refractivity contribution in [1.29, 1.82) is 0 Å². The summed E-state index contributed by atoms with van der Waals surface area (Å²) < 4.78 is 2.32. The molecular formula is C15H21ClN2S. The molecule has 2 nitrogen and oxygen atoms in total. The van der Waals surface area contributed by atoms with Gasteiger partial charge in [0.1, 0.15) is 5.82 Å². The topological polar surface area (TPSA) is 17.8 Å². The molecule has 0 fully saturated rings. The van der Waals surface area contributed by atoms with Crippen molar-refractivity contribution in [3.63, 3.8) is 0 Å².